The summed E-state index contributed by atoms with van der Waals surface area (Å²) < 4.78 is 76.3. The van der Waals surface area contributed by atoms with Crippen LogP contribution in [-0.2, 0) is 20.9 Å². The predicted octanol–water partition coefficient (Wildman–Crippen LogP) is 3.27. The van der Waals surface area contributed by atoms with Crippen molar-refractivity contribution in [3.8, 4) is 0 Å². The van der Waals surface area contributed by atoms with E-state index in [-0.39, 0.29) is 13.0 Å². The van der Waals surface area contributed by atoms with Gasteiger partial charge < -0.3 is 20.5 Å². The number of aliphatic carboxylic acids is 1. The van der Waals surface area contributed by atoms with Crippen molar-refractivity contribution in [2.75, 3.05) is 13.2 Å². The largest absolute Gasteiger partial charge is 0.490 e. The van der Waals surface area contributed by atoms with E-state index in [1.54, 1.807) is 0 Å². The third-order valence-corrected chi connectivity index (χ3v) is 4.94. The first kappa shape index (κ1) is 26.5. The van der Waals surface area contributed by atoms with Crippen LogP contribution in [0.5, 0.6) is 0 Å². The molecule has 0 aliphatic carbocycles. The maximum atomic E-state index is 13.0. The Labute approximate surface area is 184 Å². The second kappa shape index (κ2) is 10.5. The molecule has 1 saturated heterocycles. The Kier molecular flexibility index (Phi) is 8.41. The first-order valence-electron chi connectivity index (χ1n) is 9.75. The minimum atomic E-state index is -5.08. The Morgan fingerprint density at radius 1 is 1.18 bits per heavy atom. The van der Waals surface area contributed by atoms with Gasteiger partial charge in [0.2, 0.25) is 5.91 Å². The molecular weight excluding hydrogens is 462 g/mol. The number of hydrogen-bond donors (Lipinski definition) is 2. The van der Waals surface area contributed by atoms with Crippen LogP contribution in [0.15, 0.2) is 40.6 Å². The van der Waals surface area contributed by atoms with Crippen molar-refractivity contribution < 1.29 is 45.8 Å². The first-order chi connectivity index (χ1) is 15.3. The third-order valence-electron chi connectivity index (χ3n) is 4.94. The summed E-state index contributed by atoms with van der Waals surface area (Å²) in [7, 11) is 0. The number of carbonyl (C=O) groups is 2. The number of likely N-dealkylation sites (tertiary alicyclic amines) is 1. The zero-order valence-electron chi connectivity index (χ0n) is 17.1. The van der Waals surface area contributed by atoms with E-state index >= 15 is 0 Å². The molecule has 184 valence electrons. The van der Waals surface area contributed by atoms with Crippen molar-refractivity contribution in [2.45, 2.75) is 56.0 Å². The molecule has 2 atom stereocenters. The van der Waals surface area contributed by atoms with E-state index in [1.807, 2.05) is 30.3 Å². The lowest BCUT2D eigenvalue weighted by atomic mass is 10.0. The van der Waals surface area contributed by atoms with Crippen LogP contribution in [0.2, 0.25) is 0 Å². The lowest BCUT2D eigenvalue weighted by Gasteiger charge is -2.29. The van der Waals surface area contributed by atoms with Crippen LogP contribution in [0.25, 0.3) is 0 Å². The van der Waals surface area contributed by atoms with Gasteiger partial charge in [0.15, 0.2) is 0 Å². The van der Waals surface area contributed by atoms with Gasteiger partial charge in [0, 0.05) is 19.0 Å². The number of carbonyl (C=O) groups excluding carboxylic acids is 1. The molecule has 8 nitrogen and oxygen atoms in total. The Morgan fingerprint density at radius 2 is 1.76 bits per heavy atom. The topological polar surface area (TPSA) is 118 Å². The fraction of sp³-hybridized carbons (Fsp3) is 0.579. The van der Waals surface area contributed by atoms with Crippen molar-refractivity contribution in [1.29, 1.82) is 0 Å². The summed E-state index contributed by atoms with van der Waals surface area (Å²) in [5.74, 6) is -3.15. The van der Waals surface area contributed by atoms with Gasteiger partial charge in [0.05, 0.1) is 13.2 Å². The average Bonchev–Trinajstić information content (AvgIpc) is 3.38. The van der Waals surface area contributed by atoms with E-state index in [0.29, 0.717) is 26.0 Å². The highest BCUT2D eigenvalue weighted by Crippen LogP contribution is 2.49. The summed E-state index contributed by atoms with van der Waals surface area (Å²) in [5.41, 5.74) is 4.52. The summed E-state index contributed by atoms with van der Waals surface area (Å²) >= 11 is 0. The molecule has 0 radical (unpaired) electrons. The maximum absolute atomic E-state index is 13.0. The molecule has 0 saturated carbocycles. The Balaban J connectivity index is 0.000000479. The number of nitrogens with two attached hydrogens (primary N) is 1. The van der Waals surface area contributed by atoms with Crippen LogP contribution in [0.1, 0.15) is 24.8 Å². The Morgan fingerprint density at radius 3 is 2.24 bits per heavy atom. The molecule has 1 fully saturated rings. The number of halogens is 6. The molecule has 0 spiro atoms. The standard InChI is InChI=1S/C17H21F3N4O2.C2HF3O2/c18-17(19,20)16(22-23-16)9-13-7-4-8-24(13)15(25)14(21)11-26-10-12-5-2-1-3-6-12;3-2(4,5)1(6)7/h1-3,5-6,13-14H,4,7-11,21H2;(H,6,7)/t13?,14-;/m0./s1. The van der Waals surface area contributed by atoms with Crippen molar-refractivity contribution in [3.63, 3.8) is 0 Å². The van der Waals surface area contributed by atoms with E-state index < -0.39 is 42.0 Å². The molecule has 3 N–H and O–H groups in total. The molecule has 3 rings (SSSR count). The minimum absolute atomic E-state index is 0.0100. The van der Waals surface area contributed by atoms with E-state index in [4.69, 9.17) is 20.4 Å². The highest BCUT2D eigenvalue weighted by Gasteiger charge is 2.65. The van der Waals surface area contributed by atoms with Gasteiger partial charge >= 0.3 is 18.3 Å². The van der Waals surface area contributed by atoms with Crippen LogP contribution >= 0.6 is 0 Å². The van der Waals surface area contributed by atoms with Crippen LogP contribution in [0, 0.1) is 0 Å². The van der Waals surface area contributed by atoms with E-state index in [0.717, 1.165) is 5.56 Å². The zero-order chi connectivity index (χ0) is 24.9. The molecular formula is C19H22F6N4O4. The SMILES string of the molecule is N[C@@H](COCc1ccccc1)C(=O)N1CCCC1CC1(C(F)(F)F)N=N1.O=C(O)C(F)(F)F. The fourth-order valence-corrected chi connectivity index (χ4v) is 3.20. The Bertz CT molecular complexity index is 841. The fourth-order valence-electron chi connectivity index (χ4n) is 3.20. The monoisotopic (exact) mass is 484 g/mol. The van der Waals surface area contributed by atoms with Crippen LogP contribution in [-0.4, -0.2) is 65.1 Å². The first-order valence-corrected chi connectivity index (χ1v) is 9.75. The summed E-state index contributed by atoms with van der Waals surface area (Å²) in [6, 6.07) is 7.96. The lowest BCUT2D eigenvalue weighted by Crippen LogP contribution is -2.50. The number of nitrogens with zero attached hydrogens (tertiary/aromatic N) is 3. The molecule has 1 amide bonds. The molecule has 2 aliphatic rings. The van der Waals surface area contributed by atoms with Gasteiger partial charge in [-0.2, -0.15) is 26.3 Å². The van der Waals surface area contributed by atoms with E-state index in [2.05, 4.69) is 10.2 Å². The van der Waals surface area contributed by atoms with Crippen molar-refractivity contribution >= 4 is 11.9 Å². The minimum Gasteiger partial charge on any atom is -0.475 e. The third kappa shape index (κ3) is 7.39. The van der Waals surface area contributed by atoms with Crippen LogP contribution in [0.3, 0.4) is 0 Å². The Hall–Kier alpha value is -2.74. The van der Waals surface area contributed by atoms with Gasteiger partial charge in [-0.05, 0) is 18.4 Å². The molecule has 0 bridgehead atoms. The molecule has 1 aromatic rings. The number of alkyl halides is 6. The summed E-state index contributed by atoms with van der Waals surface area (Å²) in [6.45, 7) is 0.722. The van der Waals surface area contributed by atoms with Crippen molar-refractivity contribution in [2.24, 2.45) is 16.0 Å². The number of ether oxygens (including phenoxy) is 1. The summed E-state index contributed by atoms with van der Waals surface area (Å²) in [5, 5.41) is 13.5. The number of hydrogen-bond acceptors (Lipinski definition) is 6. The number of benzene rings is 1. The van der Waals surface area contributed by atoms with Gasteiger partial charge in [-0.25, -0.2) is 4.79 Å². The molecule has 1 aromatic carbocycles. The van der Waals surface area contributed by atoms with Gasteiger partial charge in [-0.1, -0.05) is 30.3 Å². The van der Waals surface area contributed by atoms with Crippen molar-refractivity contribution in [1.82, 2.24) is 4.90 Å². The molecule has 1 unspecified atom stereocenters. The predicted molar refractivity (Wildman–Crippen MR) is 101 cm³/mol. The number of carboxylic acids is 1. The smallest absolute Gasteiger partial charge is 0.475 e. The number of amides is 1. The zero-order valence-corrected chi connectivity index (χ0v) is 17.1. The van der Waals surface area contributed by atoms with E-state index in [1.165, 1.54) is 4.90 Å². The second-order valence-corrected chi connectivity index (χ2v) is 7.46. The molecule has 2 aliphatic heterocycles. The molecule has 14 heteroatoms. The summed E-state index contributed by atoms with van der Waals surface area (Å²) in [6.07, 6.45) is -8.81. The van der Waals surface area contributed by atoms with Crippen LogP contribution in [0.4, 0.5) is 26.3 Å². The van der Waals surface area contributed by atoms with Gasteiger partial charge in [-0.15, -0.1) is 10.2 Å². The second-order valence-electron chi connectivity index (χ2n) is 7.46. The van der Waals surface area contributed by atoms with E-state index in [9.17, 15) is 31.1 Å². The quantitative estimate of drug-likeness (QED) is 0.576. The van der Waals surface area contributed by atoms with Crippen molar-refractivity contribution in [3.05, 3.63) is 35.9 Å². The highest BCUT2D eigenvalue weighted by molar-refractivity contribution is 5.82. The normalized spacial score (nSPS) is 20.1. The van der Waals surface area contributed by atoms with Gasteiger partial charge in [0.25, 0.3) is 5.66 Å². The lowest BCUT2D eigenvalue weighted by molar-refractivity contribution is -0.192. The average molecular weight is 484 g/mol. The number of carboxylic acid groups (broad SMARTS) is 1. The molecule has 2 heterocycles. The maximum Gasteiger partial charge on any atom is 0.490 e. The van der Waals surface area contributed by atoms with Crippen LogP contribution < -0.4 is 5.73 Å². The van der Waals surface area contributed by atoms with Gasteiger partial charge in [-0.3, -0.25) is 4.79 Å². The molecule has 33 heavy (non-hydrogen) atoms. The molecule has 0 aromatic heterocycles. The number of rotatable bonds is 7. The summed E-state index contributed by atoms with van der Waals surface area (Å²) in [4.78, 5) is 22.9. The highest BCUT2D eigenvalue weighted by atomic mass is 19.4. The van der Waals surface area contributed by atoms with Gasteiger partial charge in [0.1, 0.15) is 6.04 Å².